The van der Waals surface area contributed by atoms with E-state index in [-0.39, 0.29) is 25.3 Å². The molecule has 0 aliphatic rings. The summed E-state index contributed by atoms with van der Waals surface area (Å²) in [6, 6.07) is 8.90. The van der Waals surface area contributed by atoms with Gasteiger partial charge in [-0.2, -0.15) is 10.5 Å². The van der Waals surface area contributed by atoms with E-state index >= 15 is 0 Å². The number of nitrogens with one attached hydrogen (secondary N) is 1. The fourth-order valence-corrected chi connectivity index (χ4v) is 2.20. The molecule has 1 N–H and O–H groups in total. The molecular formula is C14H14Cl2N4O. The summed E-state index contributed by atoms with van der Waals surface area (Å²) < 4.78 is 0. The van der Waals surface area contributed by atoms with Crippen LogP contribution in [0.4, 0.5) is 5.69 Å². The van der Waals surface area contributed by atoms with E-state index in [0.29, 0.717) is 28.8 Å². The molecule has 1 aromatic rings. The molecule has 0 aliphatic heterocycles. The van der Waals surface area contributed by atoms with E-state index < -0.39 is 0 Å². The van der Waals surface area contributed by atoms with Crippen LogP contribution in [-0.4, -0.2) is 30.4 Å². The van der Waals surface area contributed by atoms with E-state index in [9.17, 15) is 4.79 Å². The fourth-order valence-electron chi connectivity index (χ4n) is 1.68. The number of carbonyl (C=O) groups excluding carboxylic acids is 1. The van der Waals surface area contributed by atoms with Gasteiger partial charge in [0, 0.05) is 28.8 Å². The zero-order chi connectivity index (χ0) is 15.7. The third kappa shape index (κ3) is 6.35. The van der Waals surface area contributed by atoms with E-state index in [1.807, 2.05) is 12.1 Å². The summed E-state index contributed by atoms with van der Waals surface area (Å²) in [6.07, 6.45) is 0.473. The number of benzene rings is 1. The maximum atomic E-state index is 12.1. The Labute approximate surface area is 133 Å². The molecule has 0 atom stereocenters. The SMILES string of the molecule is N#CCCN(CCC#N)C(=O)CNc1cc(Cl)cc(Cl)c1. The summed E-state index contributed by atoms with van der Waals surface area (Å²) in [4.78, 5) is 13.6. The summed E-state index contributed by atoms with van der Waals surface area (Å²) in [6.45, 7) is 0.678. The van der Waals surface area contributed by atoms with Gasteiger partial charge in [-0.1, -0.05) is 23.2 Å². The van der Waals surface area contributed by atoms with Crippen LogP contribution in [0.3, 0.4) is 0 Å². The quantitative estimate of drug-likeness (QED) is 0.835. The van der Waals surface area contributed by atoms with Crippen molar-refractivity contribution in [3.05, 3.63) is 28.2 Å². The van der Waals surface area contributed by atoms with E-state index in [1.54, 1.807) is 18.2 Å². The maximum absolute atomic E-state index is 12.1. The van der Waals surface area contributed by atoms with Crippen molar-refractivity contribution < 1.29 is 4.79 Å². The zero-order valence-corrected chi connectivity index (χ0v) is 12.8. The van der Waals surface area contributed by atoms with Gasteiger partial charge in [-0.3, -0.25) is 4.79 Å². The second kappa shape index (κ2) is 9.07. The first-order valence-corrected chi connectivity index (χ1v) is 7.04. The van der Waals surface area contributed by atoms with Gasteiger partial charge in [0.25, 0.3) is 0 Å². The van der Waals surface area contributed by atoms with Crippen molar-refractivity contribution in [3.8, 4) is 12.1 Å². The molecule has 0 unspecified atom stereocenters. The fraction of sp³-hybridized carbons (Fsp3) is 0.357. The zero-order valence-electron chi connectivity index (χ0n) is 11.3. The van der Waals surface area contributed by atoms with Gasteiger partial charge in [0.1, 0.15) is 0 Å². The predicted octanol–water partition coefficient (Wildman–Crippen LogP) is 3.06. The molecule has 5 nitrogen and oxygen atoms in total. The summed E-state index contributed by atoms with van der Waals surface area (Å²) in [5.74, 6) is -0.184. The smallest absolute Gasteiger partial charge is 0.241 e. The number of anilines is 1. The molecular weight excluding hydrogens is 311 g/mol. The molecule has 0 saturated heterocycles. The van der Waals surface area contributed by atoms with E-state index in [2.05, 4.69) is 5.32 Å². The molecule has 0 aromatic heterocycles. The highest BCUT2D eigenvalue weighted by molar-refractivity contribution is 6.35. The van der Waals surface area contributed by atoms with Gasteiger partial charge >= 0.3 is 0 Å². The van der Waals surface area contributed by atoms with Gasteiger partial charge in [-0.05, 0) is 18.2 Å². The van der Waals surface area contributed by atoms with Crippen molar-refractivity contribution in [3.63, 3.8) is 0 Å². The third-order valence-corrected chi connectivity index (χ3v) is 3.08. The molecule has 21 heavy (non-hydrogen) atoms. The summed E-state index contributed by atoms with van der Waals surface area (Å²) in [5.41, 5.74) is 0.640. The van der Waals surface area contributed by atoms with Crippen LogP contribution in [-0.2, 0) is 4.79 Å². The molecule has 0 fully saturated rings. The first kappa shape index (κ1) is 17.1. The molecule has 0 radical (unpaired) electrons. The molecule has 7 heteroatoms. The van der Waals surface area contributed by atoms with Crippen LogP contribution in [0.25, 0.3) is 0 Å². The number of halogens is 2. The largest absolute Gasteiger partial charge is 0.376 e. The predicted molar refractivity (Wildman–Crippen MR) is 82.0 cm³/mol. The van der Waals surface area contributed by atoms with Crippen molar-refractivity contribution in [1.82, 2.24) is 4.90 Å². The molecule has 1 amide bonds. The number of amides is 1. The van der Waals surface area contributed by atoms with Crippen molar-refractivity contribution in [2.75, 3.05) is 25.0 Å². The van der Waals surface area contributed by atoms with Gasteiger partial charge in [-0.25, -0.2) is 0 Å². The van der Waals surface area contributed by atoms with E-state index in [4.69, 9.17) is 33.7 Å². The van der Waals surface area contributed by atoms with Gasteiger partial charge in [0.2, 0.25) is 5.91 Å². The molecule has 0 heterocycles. The van der Waals surface area contributed by atoms with Crippen LogP contribution in [0.5, 0.6) is 0 Å². The molecule has 0 saturated carbocycles. The van der Waals surface area contributed by atoms with Crippen LogP contribution >= 0.6 is 23.2 Å². The first-order valence-electron chi connectivity index (χ1n) is 6.28. The summed E-state index contributed by atoms with van der Waals surface area (Å²) >= 11 is 11.7. The molecule has 110 valence electrons. The highest BCUT2D eigenvalue weighted by Gasteiger charge is 2.12. The Bertz CT molecular complexity index is 539. The van der Waals surface area contributed by atoms with Crippen LogP contribution < -0.4 is 5.32 Å². The van der Waals surface area contributed by atoms with Crippen LogP contribution in [0.1, 0.15) is 12.8 Å². The first-order chi connectivity index (χ1) is 10.1. The summed E-state index contributed by atoms with van der Waals surface area (Å²) in [5, 5.41) is 21.1. The van der Waals surface area contributed by atoms with Crippen molar-refractivity contribution in [2.45, 2.75) is 12.8 Å². The number of carbonyl (C=O) groups is 1. The second-order valence-electron chi connectivity index (χ2n) is 4.21. The lowest BCUT2D eigenvalue weighted by molar-refractivity contribution is -0.129. The van der Waals surface area contributed by atoms with Crippen LogP contribution in [0.2, 0.25) is 10.0 Å². The Morgan fingerprint density at radius 2 is 1.62 bits per heavy atom. The maximum Gasteiger partial charge on any atom is 0.241 e. The number of hydrogen-bond acceptors (Lipinski definition) is 4. The monoisotopic (exact) mass is 324 g/mol. The van der Waals surface area contributed by atoms with Crippen molar-refractivity contribution in [2.24, 2.45) is 0 Å². The summed E-state index contributed by atoms with van der Waals surface area (Å²) in [7, 11) is 0. The number of nitriles is 2. The standard InChI is InChI=1S/C14H14Cl2N4O/c15-11-7-12(16)9-13(8-11)19-10-14(21)20(5-1-3-17)6-2-4-18/h7-9,19H,1-2,5-6,10H2. The highest BCUT2D eigenvalue weighted by Crippen LogP contribution is 2.22. The molecule has 1 rings (SSSR count). The molecule has 0 aliphatic carbocycles. The topological polar surface area (TPSA) is 79.9 Å². The number of nitrogens with zero attached hydrogens (tertiary/aromatic N) is 3. The normalized spacial score (nSPS) is 9.52. The van der Waals surface area contributed by atoms with Crippen LogP contribution in [0.15, 0.2) is 18.2 Å². The minimum absolute atomic E-state index is 0.0491. The molecule has 0 spiro atoms. The minimum atomic E-state index is -0.184. The highest BCUT2D eigenvalue weighted by atomic mass is 35.5. The molecule has 1 aromatic carbocycles. The van der Waals surface area contributed by atoms with E-state index in [1.165, 1.54) is 4.90 Å². The minimum Gasteiger partial charge on any atom is -0.376 e. The lowest BCUT2D eigenvalue weighted by atomic mass is 10.3. The van der Waals surface area contributed by atoms with E-state index in [0.717, 1.165) is 0 Å². The van der Waals surface area contributed by atoms with Gasteiger partial charge in [0.15, 0.2) is 0 Å². The Kier molecular flexibility index (Phi) is 7.39. The molecule has 0 bridgehead atoms. The van der Waals surface area contributed by atoms with Gasteiger partial charge < -0.3 is 10.2 Å². The average molecular weight is 325 g/mol. The number of rotatable bonds is 7. The average Bonchev–Trinajstić information content (AvgIpc) is 2.44. The lowest BCUT2D eigenvalue weighted by Gasteiger charge is -2.20. The van der Waals surface area contributed by atoms with Crippen molar-refractivity contribution in [1.29, 1.82) is 10.5 Å². The Balaban J connectivity index is 2.60. The lowest BCUT2D eigenvalue weighted by Crippen LogP contribution is -2.36. The Morgan fingerprint density at radius 3 is 2.10 bits per heavy atom. The van der Waals surface area contributed by atoms with Crippen LogP contribution in [0, 0.1) is 22.7 Å². The van der Waals surface area contributed by atoms with Gasteiger partial charge in [-0.15, -0.1) is 0 Å². The Morgan fingerprint density at radius 1 is 1.10 bits per heavy atom. The Hall–Kier alpha value is -1.95. The third-order valence-electron chi connectivity index (χ3n) is 2.65. The van der Waals surface area contributed by atoms with Crippen molar-refractivity contribution >= 4 is 34.8 Å². The van der Waals surface area contributed by atoms with Gasteiger partial charge in [0.05, 0.1) is 31.5 Å². The number of hydrogen-bond donors (Lipinski definition) is 1. The second-order valence-corrected chi connectivity index (χ2v) is 5.08.